The summed E-state index contributed by atoms with van der Waals surface area (Å²) >= 11 is 0. The highest BCUT2D eigenvalue weighted by molar-refractivity contribution is 5.96. The predicted molar refractivity (Wildman–Crippen MR) is 130 cm³/mol. The number of nitrogens with two attached hydrogens (primary N) is 1. The number of aliphatic hydroxyl groups excluding tert-OH is 2. The highest BCUT2D eigenvalue weighted by atomic mass is 16.4. The third-order valence-corrected chi connectivity index (χ3v) is 6.40. The fourth-order valence-corrected chi connectivity index (χ4v) is 4.48. The van der Waals surface area contributed by atoms with Gasteiger partial charge in [0.2, 0.25) is 29.5 Å². The molecule has 0 aromatic heterocycles. The van der Waals surface area contributed by atoms with E-state index >= 15 is 0 Å². The normalized spacial score (nSPS) is 23.3. The summed E-state index contributed by atoms with van der Waals surface area (Å²) in [4.78, 5) is 98.2. The van der Waals surface area contributed by atoms with Crippen LogP contribution in [0.25, 0.3) is 0 Å². The monoisotopic (exact) mass is 588 g/mol. The first-order valence-corrected chi connectivity index (χ1v) is 12.3. The third-order valence-electron chi connectivity index (χ3n) is 6.40. The first kappa shape index (κ1) is 32.8. The number of hydrogen-bond donors (Lipinski definition) is 9. The Kier molecular flexibility index (Phi) is 11.5. The lowest BCUT2D eigenvalue weighted by Crippen LogP contribution is -2.56. The van der Waals surface area contributed by atoms with Crippen LogP contribution >= 0.6 is 0 Å². The van der Waals surface area contributed by atoms with Crippen molar-refractivity contribution in [3.63, 3.8) is 0 Å². The van der Waals surface area contributed by atoms with Gasteiger partial charge in [-0.25, -0.2) is 4.79 Å². The molecular weight excluding hydrogens is 556 g/mol. The fraction of sp³-hybridized carbons (Fsp3) is 0.636. The zero-order chi connectivity index (χ0) is 31.0. The van der Waals surface area contributed by atoms with Gasteiger partial charge in [0.05, 0.1) is 38.1 Å². The number of nitrogens with zero attached hydrogens (tertiary/aromatic N) is 2. The molecule has 0 radical (unpaired) electrons. The van der Waals surface area contributed by atoms with E-state index in [0.717, 1.165) is 9.80 Å². The van der Waals surface area contributed by atoms with Gasteiger partial charge in [-0.15, -0.1) is 0 Å². The molecule has 0 saturated carbocycles. The molecule has 2 rings (SSSR count). The number of likely N-dealkylation sites (tertiary alicyclic amines) is 2. The second-order valence-corrected chi connectivity index (χ2v) is 9.48. The Morgan fingerprint density at radius 1 is 0.732 bits per heavy atom. The summed E-state index contributed by atoms with van der Waals surface area (Å²) in [5.74, 6) is -9.34. The van der Waals surface area contributed by atoms with Gasteiger partial charge in [0.25, 0.3) is 0 Å². The molecule has 2 saturated heterocycles. The SMILES string of the molecule is NCC(=O)N1C[C@H](O)C[C@H]1C(=O)N[C@@H](CC(=O)O)C(=O)NCC(=O)N1C[C@H](O)C[C@H]1C(=O)N[C@@H](CC(=O)O)C(=O)O. The summed E-state index contributed by atoms with van der Waals surface area (Å²) in [5.41, 5.74) is 5.31. The van der Waals surface area contributed by atoms with Crippen LogP contribution in [-0.2, 0) is 38.4 Å². The lowest BCUT2D eigenvalue weighted by atomic mass is 10.1. The summed E-state index contributed by atoms with van der Waals surface area (Å²) in [5, 5.41) is 53.3. The molecule has 0 aliphatic carbocycles. The molecule has 2 fully saturated rings. The smallest absolute Gasteiger partial charge is 0.326 e. The highest BCUT2D eigenvalue weighted by Gasteiger charge is 2.42. The van der Waals surface area contributed by atoms with Gasteiger partial charge in [0.15, 0.2) is 0 Å². The maximum absolute atomic E-state index is 12.8. The Balaban J connectivity index is 2.06. The minimum atomic E-state index is -1.81. The van der Waals surface area contributed by atoms with Crippen LogP contribution in [0.3, 0.4) is 0 Å². The molecule has 0 bridgehead atoms. The van der Waals surface area contributed by atoms with Gasteiger partial charge >= 0.3 is 17.9 Å². The number of carbonyl (C=O) groups is 8. The number of hydrogen-bond acceptors (Lipinski definition) is 11. The Morgan fingerprint density at radius 2 is 1.17 bits per heavy atom. The lowest BCUT2D eigenvalue weighted by molar-refractivity contribution is -0.148. The molecule has 0 unspecified atom stereocenters. The number of carbonyl (C=O) groups excluding carboxylic acids is 5. The van der Waals surface area contributed by atoms with E-state index < -0.39 is 110 Å². The van der Waals surface area contributed by atoms with Crippen molar-refractivity contribution < 1.29 is 63.9 Å². The number of rotatable bonds is 13. The zero-order valence-corrected chi connectivity index (χ0v) is 21.6. The molecule has 5 amide bonds. The van der Waals surface area contributed by atoms with Gasteiger partial charge < -0.3 is 57.0 Å². The quantitative estimate of drug-likeness (QED) is 0.0967. The second-order valence-electron chi connectivity index (χ2n) is 9.48. The summed E-state index contributed by atoms with van der Waals surface area (Å²) in [6, 6.07) is -6.16. The molecule has 19 nitrogen and oxygen atoms in total. The molecule has 0 aromatic rings. The van der Waals surface area contributed by atoms with Gasteiger partial charge in [0, 0.05) is 25.9 Å². The van der Waals surface area contributed by atoms with Crippen molar-refractivity contribution in [3.05, 3.63) is 0 Å². The van der Waals surface area contributed by atoms with Crippen LogP contribution in [-0.4, -0.2) is 145 Å². The minimum absolute atomic E-state index is 0.187. The number of amides is 5. The van der Waals surface area contributed by atoms with Gasteiger partial charge in [0.1, 0.15) is 24.2 Å². The van der Waals surface area contributed by atoms with E-state index in [9.17, 15) is 53.7 Å². The van der Waals surface area contributed by atoms with Crippen molar-refractivity contribution in [1.29, 1.82) is 0 Å². The van der Waals surface area contributed by atoms with Gasteiger partial charge in [-0.2, -0.15) is 0 Å². The minimum Gasteiger partial charge on any atom is -0.481 e. The van der Waals surface area contributed by atoms with Crippen LogP contribution in [0.15, 0.2) is 0 Å². The standard InChI is InChI=1S/C22H32N6O13/c23-5-15(31)27-7-9(29)1-13(27)20(38)25-11(3-17(33)34)19(37)24-6-16(32)28-8-10(30)2-14(28)21(39)26-12(22(40)41)4-18(35)36/h9-14,29-30H,1-8,23H2,(H,24,37)(H,25,38)(H,26,39)(H,33,34)(H,35,36)(H,40,41)/t9-,10-,11+,12+,13+,14+/m1/s1. The fourth-order valence-electron chi connectivity index (χ4n) is 4.48. The van der Waals surface area contributed by atoms with E-state index in [4.69, 9.17) is 15.9 Å². The van der Waals surface area contributed by atoms with Crippen molar-refractivity contribution >= 4 is 47.4 Å². The van der Waals surface area contributed by atoms with Crippen LogP contribution in [0.1, 0.15) is 25.7 Å². The molecule has 0 spiro atoms. The maximum Gasteiger partial charge on any atom is 0.326 e. The van der Waals surface area contributed by atoms with Crippen LogP contribution in [0.5, 0.6) is 0 Å². The molecule has 10 N–H and O–H groups in total. The van der Waals surface area contributed by atoms with E-state index in [-0.39, 0.29) is 25.9 Å². The zero-order valence-electron chi connectivity index (χ0n) is 21.6. The van der Waals surface area contributed by atoms with Crippen molar-refractivity contribution in [2.75, 3.05) is 26.2 Å². The topological polar surface area (TPSA) is 306 Å². The van der Waals surface area contributed by atoms with E-state index in [2.05, 4.69) is 10.6 Å². The number of aliphatic carboxylic acids is 3. The molecule has 19 heteroatoms. The Hall–Kier alpha value is -4.36. The van der Waals surface area contributed by atoms with E-state index in [0.29, 0.717) is 0 Å². The van der Waals surface area contributed by atoms with E-state index in [1.165, 1.54) is 0 Å². The number of carboxylic acid groups (broad SMARTS) is 3. The van der Waals surface area contributed by atoms with Gasteiger partial charge in [-0.3, -0.25) is 33.6 Å². The number of aliphatic hydroxyl groups is 2. The summed E-state index contributed by atoms with van der Waals surface area (Å²) in [6.45, 7) is -1.86. The van der Waals surface area contributed by atoms with Crippen LogP contribution in [0.2, 0.25) is 0 Å². The van der Waals surface area contributed by atoms with Crippen LogP contribution in [0, 0.1) is 0 Å². The number of carboxylic acids is 3. The Morgan fingerprint density at radius 3 is 1.61 bits per heavy atom. The Bertz CT molecular complexity index is 1080. The van der Waals surface area contributed by atoms with Gasteiger partial charge in [-0.1, -0.05) is 0 Å². The first-order valence-electron chi connectivity index (χ1n) is 12.3. The summed E-state index contributed by atoms with van der Waals surface area (Å²) in [7, 11) is 0. The predicted octanol–water partition coefficient (Wildman–Crippen LogP) is -6.01. The lowest BCUT2D eigenvalue weighted by Gasteiger charge is -2.26. The molecule has 0 aromatic carbocycles. The van der Waals surface area contributed by atoms with Crippen LogP contribution < -0.4 is 21.7 Å². The van der Waals surface area contributed by atoms with E-state index in [1.807, 2.05) is 5.32 Å². The summed E-state index contributed by atoms with van der Waals surface area (Å²) in [6.07, 6.45) is -4.62. The molecular formula is C22H32N6O13. The van der Waals surface area contributed by atoms with E-state index in [1.54, 1.807) is 0 Å². The number of nitrogens with one attached hydrogen (secondary N) is 3. The largest absolute Gasteiger partial charge is 0.481 e. The van der Waals surface area contributed by atoms with Gasteiger partial charge in [-0.05, 0) is 0 Å². The van der Waals surface area contributed by atoms with Crippen molar-refractivity contribution in [2.45, 2.75) is 62.1 Å². The molecule has 2 aliphatic rings. The number of β-amino-alcohol motifs (C(OH)–C–C–N with tert-alkyl or cyclic N) is 2. The van der Waals surface area contributed by atoms with Crippen molar-refractivity contribution in [1.82, 2.24) is 25.8 Å². The average molecular weight is 589 g/mol. The second kappa shape index (κ2) is 14.3. The van der Waals surface area contributed by atoms with Crippen molar-refractivity contribution in [2.24, 2.45) is 5.73 Å². The summed E-state index contributed by atoms with van der Waals surface area (Å²) < 4.78 is 0. The molecule has 228 valence electrons. The Labute approximate surface area is 231 Å². The first-order chi connectivity index (χ1) is 19.1. The highest BCUT2D eigenvalue weighted by Crippen LogP contribution is 2.20. The average Bonchev–Trinajstić information content (AvgIpc) is 3.47. The molecule has 6 atom stereocenters. The third kappa shape index (κ3) is 9.08. The van der Waals surface area contributed by atoms with Crippen molar-refractivity contribution in [3.8, 4) is 0 Å². The molecule has 2 heterocycles. The van der Waals surface area contributed by atoms with Crippen LogP contribution in [0.4, 0.5) is 0 Å². The molecule has 2 aliphatic heterocycles. The molecule has 41 heavy (non-hydrogen) atoms. The maximum atomic E-state index is 12.8.